The molecule has 1 heterocycles. The molecule has 1 atom stereocenters. The van der Waals surface area contributed by atoms with Crippen LogP contribution in [0.5, 0.6) is 0 Å². The van der Waals surface area contributed by atoms with E-state index >= 15 is 0 Å². The molecule has 1 aliphatic rings. The number of amides is 1. The van der Waals surface area contributed by atoms with Crippen molar-refractivity contribution in [3.63, 3.8) is 0 Å². The van der Waals surface area contributed by atoms with Crippen molar-refractivity contribution < 1.29 is 4.79 Å². The van der Waals surface area contributed by atoms with E-state index in [2.05, 4.69) is 22.2 Å². The van der Waals surface area contributed by atoms with Crippen LogP contribution >= 0.6 is 0 Å². The van der Waals surface area contributed by atoms with Gasteiger partial charge >= 0.3 is 0 Å². The van der Waals surface area contributed by atoms with E-state index < -0.39 is 0 Å². The number of carbonyl (C=O) groups is 1. The van der Waals surface area contributed by atoms with E-state index in [1.807, 2.05) is 0 Å². The van der Waals surface area contributed by atoms with Gasteiger partial charge in [0.1, 0.15) is 0 Å². The van der Waals surface area contributed by atoms with Crippen LogP contribution in [0, 0.1) is 0 Å². The topological polar surface area (TPSA) is 61.6 Å². The Hall–Kier alpha value is -0.650. The molecule has 1 aliphatic heterocycles. The molecule has 0 spiro atoms. The van der Waals surface area contributed by atoms with Gasteiger partial charge in [0.2, 0.25) is 5.91 Å². The molecule has 1 unspecified atom stereocenters. The Labute approximate surface area is 91.6 Å². The molecule has 0 bridgehead atoms. The van der Waals surface area contributed by atoms with Gasteiger partial charge in [-0.3, -0.25) is 9.69 Å². The first kappa shape index (κ1) is 12.4. The van der Waals surface area contributed by atoms with Gasteiger partial charge in [-0.05, 0) is 7.05 Å². The molecule has 0 aromatic rings. The molecule has 5 heteroatoms. The maximum absolute atomic E-state index is 10.7. The van der Waals surface area contributed by atoms with E-state index in [0.717, 1.165) is 32.7 Å². The molecule has 5 nitrogen and oxygen atoms in total. The summed E-state index contributed by atoms with van der Waals surface area (Å²) in [5, 5.41) is 2.81. The molecule has 88 valence electrons. The second-order valence-electron chi connectivity index (χ2n) is 4.17. The molecular weight excluding hydrogens is 192 g/mol. The zero-order valence-electron chi connectivity index (χ0n) is 9.70. The van der Waals surface area contributed by atoms with Crippen LogP contribution in [0.15, 0.2) is 0 Å². The minimum Gasteiger partial charge on any atom is -0.355 e. The van der Waals surface area contributed by atoms with Crippen LogP contribution in [-0.4, -0.2) is 68.1 Å². The highest BCUT2D eigenvalue weighted by atomic mass is 16.1. The molecule has 1 saturated heterocycles. The van der Waals surface area contributed by atoms with E-state index in [1.54, 1.807) is 6.92 Å². The van der Waals surface area contributed by atoms with Gasteiger partial charge in [0.25, 0.3) is 0 Å². The zero-order valence-corrected chi connectivity index (χ0v) is 9.70. The number of rotatable bonds is 4. The Bertz CT molecular complexity index is 210. The molecule has 1 fully saturated rings. The highest BCUT2D eigenvalue weighted by Crippen LogP contribution is 2.06. The molecule has 0 saturated carbocycles. The smallest absolute Gasteiger partial charge is 0.216 e. The average Bonchev–Trinajstić information content (AvgIpc) is 2.19. The lowest BCUT2D eigenvalue weighted by molar-refractivity contribution is -0.119. The molecule has 0 aromatic carbocycles. The Balaban J connectivity index is 2.29. The number of piperazine rings is 1. The minimum absolute atomic E-state index is 0.0356. The number of nitrogens with two attached hydrogens (primary N) is 1. The van der Waals surface area contributed by atoms with Crippen molar-refractivity contribution in [1.82, 2.24) is 15.1 Å². The van der Waals surface area contributed by atoms with Crippen molar-refractivity contribution in [2.24, 2.45) is 5.73 Å². The van der Waals surface area contributed by atoms with Crippen molar-refractivity contribution >= 4 is 5.91 Å². The molecule has 1 amide bonds. The maximum Gasteiger partial charge on any atom is 0.216 e. The van der Waals surface area contributed by atoms with Crippen LogP contribution in [0.3, 0.4) is 0 Å². The molecule has 3 N–H and O–H groups in total. The van der Waals surface area contributed by atoms with Crippen molar-refractivity contribution in [3.05, 3.63) is 0 Å². The van der Waals surface area contributed by atoms with Crippen LogP contribution in [-0.2, 0) is 4.79 Å². The van der Waals surface area contributed by atoms with E-state index in [-0.39, 0.29) is 5.91 Å². The number of carbonyl (C=O) groups excluding carboxylic acids is 1. The summed E-state index contributed by atoms with van der Waals surface area (Å²) >= 11 is 0. The zero-order chi connectivity index (χ0) is 11.3. The lowest BCUT2D eigenvalue weighted by atomic mass is 10.2. The first-order chi connectivity index (χ1) is 7.13. The van der Waals surface area contributed by atoms with E-state index in [9.17, 15) is 4.79 Å². The average molecular weight is 214 g/mol. The second kappa shape index (κ2) is 6.05. The Kier molecular flexibility index (Phi) is 5.01. The normalized spacial score (nSPS) is 24.1. The van der Waals surface area contributed by atoms with Gasteiger partial charge in [0.05, 0.1) is 0 Å². The van der Waals surface area contributed by atoms with E-state index in [1.165, 1.54) is 0 Å². The lowest BCUT2D eigenvalue weighted by Crippen LogP contribution is -2.56. The highest BCUT2D eigenvalue weighted by Gasteiger charge is 2.23. The summed E-state index contributed by atoms with van der Waals surface area (Å²) in [6.45, 7) is 6.99. The number of likely N-dealkylation sites (N-methyl/N-ethyl adjacent to an activating group) is 1. The van der Waals surface area contributed by atoms with Crippen LogP contribution in [0.25, 0.3) is 0 Å². The predicted octanol–water partition coefficient (Wildman–Crippen LogP) is -1.30. The van der Waals surface area contributed by atoms with Crippen molar-refractivity contribution in [2.45, 2.75) is 13.0 Å². The van der Waals surface area contributed by atoms with Crippen molar-refractivity contribution in [3.8, 4) is 0 Å². The van der Waals surface area contributed by atoms with Crippen LogP contribution < -0.4 is 11.1 Å². The van der Waals surface area contributed by atoms with Gasteiger partial charge < -0.3 is 16.0 Å². The SMILES string of the molecule is CC(=O)NCCN1CCN(C)CC1CN. The van der Waals surface area contributed by atoms with Crippen LogP contribution in [0.4, 0.5) is 0 Å². The third kappa shape index (κ3) is 4.15. The van der Waals surface area contributed by atoms with Crippen LogP contribution in [0.1, 0.15) is 6.92 Å². The molecule has 1 rings (SSSR count). The Morgan fingerprint density at radius 3 is 2.87 bits per heavy atom. The van der Waals surface area contributed by atoms with E-state index in [0.29, 0.717) is 12.6 Å². The minimum atomic E-state index is 0.0356. The fraction of sp³-hybridized carbons (Fsp3) is 0.900. The molecule has 15 heavy (non-hydrogen) atoms. The van der Waals surface area contributed by atoms with Gasteiger partial charge in [-0.2, -0.15) is 0 Å². The maximum atomic E-state index is 10.7. The largest absolute Gasteiger partial charge is 0.355 e. The van der Waals surface area contributed by atoms with Gasteiger partial charge in [-0.15, -0.1) is 0 Å². The highest BCUT2D eigenvalue weighted by molar-refractivity contribution is 5.72. The summed E-state index contributed by atoms with van der Waals surface area (Å²) in [6, 6.07) is 0.428. The Morgan fingerprint density at radius 1 is 1.53 bits per heavy atom. The fourth-order valence-electron chi connectivity index (χ4n) is 1.94. The van der Waals surface area contributed by atoms with E-state index in [4.69, 9.17) is 5.73 Å². The second-order valence-corrected chi connectivity index (χ2v) is 4.17. The molecule has 0 aliphatic carbocycles. The fourth-order valence-corrected chi connectivity index (χ4v) is 1.94. The monoisotopic (exact) mass is 214 g/mol. The third-order valence-electron chi connectivity index (χ3n) is 2.85. The predicted molar refractivity (Wildman–Crippen MR) is 60.6 cm³/mol. The summed E-state index contributed by atoms with van der Waals surface area (Å²) in [5.41, 5.74) is 5.73. The van der Waals surface area contributed by atoms with Crippen molar-refractivity contribution in [1.29, 1.82) is 0 Å². The summed E-state index contributed by atoms with van der Waals surface area (Å²) in [4.78, 5) is 15.4. The summed E-state index contributed by atoms with van der Waals surface area (Å²) in [6.07, 6.45) is 0. The third-order valence-corrected chi connectivity index (χ3v) is 2.85. The molecular formula is C10H22N4O. The summed E-state index contributed by atoms with van der Waals surface area (Å²) in [5.74, 6) is 0.0356. The van der Waals surface area contributed by atoms with Crippen molar-refractivity contribution in [2.75, 3.05) is 46.3 Å². The lowest BCUT2D eigenvalue weighted by Gasteiger charge is -2.39. The van der Waals surface area contributed by atoms with Gasteiger partial charge in [-0.1, -0.05) is 0 Å². The molecule has 0 radical (unpaired) electrons. The quantitative estimate of drug-likeness (QED) is 0.610. The Morgan fingerprint density at radius 2 is 2.27 bits per heavy atom. The van der Waals surface area contributed by atoms with Gasteiger partial charge in [0, 0.05) is 52.2 Å². The summed E-state index contributed by atoms with van der Waals surface area (Å²) in [7, 11) is 2.12. The summed E-state index contributed by atoms with van der Waals surface area (Å²) < 4.78 is 0. The van der Waals surface area contributed by atoms with Gasteiger partial charge in [-0.25, -0.2) is 0 Å². The first-order valence-electron chi connectivity index (χ1n) is 5.50. The standard InChI is InChI=1S/C10H22N4O/c1-9(15)12-3-4-14-6-5-13(2)8-10(14)7-11/h10H,3-8,11H2,1-2H3,(H,12,15). The number of hydrogen-bond donors (Lipinski definition) is 2. The van der Waals surface area contributed by atoms with Gasteiger partial charge in [0.15, 0.2) is 0 Å². The van der Waals surface area contributed by atoms with Crippen LogP contribution in [0.2, 0.25) is 0 Å². The first-order valence-corrected chi connectivity index (χ1v) is 5.50. The number of hydrogen-bond acceptors (Lipinski definition) is 4. The number of nitrogens with zero attached hydrogens (tertiary/aromatic N) is 2. The number of nitrogens with one attached hydrogen (secondary N) is 1. The molecule has 0 aromatic heterocycles.